The van der Waals surface area contributed by atoms with E-state index < -0.39 is 23.9 Å². The van der Waals surface area contributed by atoms with Gasteiger partial charge in [-0.3, -0.25) is 4.79 Å². The van der Waals surface area contributed by atoms with E-state index >= 15 is 0 Å². The fourth-order valence-electron chi connectivity index (χ4n) is 3.09. The van der Waals surface area contributed by atoms with Gasteiger partial charge < -0.3 is 19.8 Å². The number of hydrogen-bond acceptors (Lipinski definition) is 7. The molecule has 3 rings (SSSR count). The zero-order valence-corrected chi connectivity index (χ0v) is 19.8. The van der Waals surface area contributed by atoms with Crippen molar-refractivity contribution in [2.24, 2.45) is 0 Å². The van der Waals surface area contributed by atoms with E-state index in [-0.39, 0.29) is 28.4 Å². The second kappa shape index (κ2) is 9.87. The standard InChI is InChI=1S/C22H25ClFN3O4S/c1-12(24)15(26-21(29)31-22(2,3)4)8-17-14(11-28)19-20(30-17)16(9-18(23)27-19)25-10-13-6-5-7-32-13/h5-7,9,11-12,15H,8,10H2,1-4H3,(H,25,27)(H,26,29)/t12-,15+/m0/s1. The molecule has 0 saturated heterocycles. The molecule has 0 aliphatic heterocycles. The maximum absolute atomic E-state index is 14.3. The highest BCUT2D eigenvalue weighted by Crippen LogP contribution is 2.33. The number of furan rings is 1. The van der Waals surface area contributed by atoms with Crippen molar-refractivity contribution < 1.29 is 23.1 Å². The van der Waals surface area contributed by atoms with Crippen LogP contribution in [0.1, 0.15) is 48.7 Å². The lowest BCUT2D eigenvalue weighted by Gasteiger charge is -2.24. The third-order valence-corrected chi connectivity index (χ3v) is 5.61. The van der Waals surface area contributed by atoms with Crippen molar-refractivity contribution in [3.8, 4) is 0 Å². The number of anilines is 1. The summed E-state index contributed by atoms with van der Waals surface area (Å²) in [5.41, 5.74) is 0.612. The number of nitrogens with zero attached hydrogens (tertiary/aromatic N) is 1. The van der Waals surface area contributed by atoms with Crippen molar-refractivity contribution >= 4 is 52.1 Å². The maximum atomic E-state index is 14.3. The molecule has 2 N–H and O–H groups in total. The number of nitrogens with one attached hydrogen (secondary N) is 2. The number of thiophene rings is 1. The largest absolute Gasteiger partial charge is 0.456 e. The summed E-state index contributed by atoms with van der Waals surface area (Å²) in [7, 11) is 0. The van der Waals surface area contributed by atoms with Crippen LogP contribution in [0.25, 0.3) is 11.1 Å². The summed E-state index contributed by atoms with van der Waals surface area (Å²) < 4.78 is 25.5. The minimum Gasteiger partial charge on any atom is -0.456 e. The van der Waals surface area contributed by atoms with Gasteiger partial charge in [0.25, 0.3) is 0 Å². The number of alkyl carbamates (subject to hydrolysis) is 1. The molecule has 7 nitrogen and oxygen atoms in total. The quantitative estimate of drug-likeness (QED) is 0.314. The van der Waals surface area contributed by atoms with Gasteiger partial charge in [0.2, 0.25) is 0 Å². The number of carbonyl (C=O) groups excluding carboxylic acids is 2. The number of fused-ring (bicyclic) bond motifs is 1. The molecule has 0 spiro atoms. The van der Waals surface area contributed by atoms with E-state index in [0.29, 0.717) is 24.1 Å². The van der Waals surface area contributed by atoms with Crippen LogP contribution in [-0.2, 0) is 17.7 Å². The molecule has 10 heteroatoms. The van der Waals surface area contributed by atoms with E-state index in [1.807, 2.05) is 17.5 Å². The smallest absolute Gasteiger partial charge is 0.407 e. The lowest BCUT2D eigenvalue weighted by Crippen LogP contribution is -2.44. The molecule has 1 amide bonds. The summed E-state index contributed by atoms with van der Waals surface area (Å²) >= 11 is 7.76. The Balaban J connectivity index is 1.90. The highest BCUT2D eigenvalue weighted by atomic mass is 35.5. The van der Waals surface area contributed by atoms with E-state index in [9.17, 15) is 14.0 Å². The fraction of sp³-hybridized carbons (Fsp3) is 0.409. The van der Waals surface area contributed by atoms with E-state index in [0.717, 1.165) is 4.88 Å². The number of aromatic nitrogens is 1. The second-order valence-electron chi connectivity index (χ2n) is 8.29. The van der Waals surface area contributed by atoms with Crippen molar-refractivity contribution in [3.63, 3.8) is 0 Å². The van der Waals surface area contributed by atoms with Gasteiger partial charge in [0.1, 0.15) is 28.2 Å². The van der Waals surface area contributed by atoms with Crippen LogP contribution in [0.2, 0.25) is 5.15 Å². The first kappa shape index (κ1) is 24.0. The van der Waals surface area contributed by atoms with Crippen LogP contribution in [0.15, 0.2) is 28.0 Å². The predicted molar refractivity (Wildman–Crippen MR) is 123 cm³/mol. The van der Waals surface area contributed by atoms with E-state index in [1.165, 1.54) is 6.92 Å². The molecular weight excluding hydrogens is 457 g/mol. The highest BCUT2D eigenvalue weighted by molar-refractivity contribution is 7.09. The van der Waals surface area contributed by atoms with Crippen molar-refractivity contribution in [1.29, 1.82) is 0 Å². The van der Waals surface area contributed by atoms with Crippen LogP contribution < -0.4 is 10.6 Å². The van der Waals surface area contributed by atoms with Gasteiger partial charge in [-0.05, 0) is 39.1 Å². The number of amides is 1. The molecule has 3 aromatic heterocycles. The van der Waals surface area contributed by atoms with Crippen molar-refractivity contribution in [2.45, 2.75) is 58.5 Å². The molecule has 0 aromatic carbocycles. The summed E-state index contributed by atoms with van der Waals surface area (Å²) in [5.74, 6) is 0.203. The maximum Gasteiger partial charge on any atom is 0.407 e. The van der Waals surface area contributed by atoms with Crippen LogP contribution >= 0.6 is 22.9 Å². The monoisotopic (exact) mass is 481 g/mol. The normalized spacial score (nSPS) is 13.6. The van der Waals surface area contributed by atoms with Crippen molar-refractivity contribution in [2.75, 3.05) is 5.32 Å². The molecule has 0 radical (unpaired) electrons. The van der Waals surface area contributed by atoms with Gasteiger partial charge in [-0.1, -0.05) is 17.7 Å². The van der Waals surface area contributed by atoms with Gasteiger partial charge in [0, 0.05) is 23.9 Å². The molecule has 32 heavy (non-hydrogen) atoms. The Labute approximate surface area is 194 Å². The SMILES string of the molecule is C[C@H](F)[C@@H](Cc1oc2c(NCc3cccs3)cc(Cl)nc2c1C=O)NC(=O)OC(C)(C)C. The number of aldehydes is 1. The zero-order valence-electron chi connectivity index (χ0n) is 18.2. The molecule has 0 fully saturated rings. The average Bonchev–Trinajstić information content (AvgIpc) is 3.31. The van der Waals surface area contributed by atoms with Crippen LogP contribution in [0.5, 0.6) is 0 Å². The first-order valence-corrected chi connectivity index (χ1v) is 11.3. The summed E-state index contributed by atoms with van der Waals surface area (Å²) in [6, 6.07) is 4.56. The lowest BCUT2D eigenvalue weighted by atomic mass is 10.1. The molecule has 172 valence electrons. The number of hydrogen-bond donors (Lipinski definition) is 2. The number of ether oxygens (including phenoxy) is 1. The highest BCUT2D eigenvalue weighted by Gasteiger charge is 2.27. The molecule has 0 bridgehead atoms. The predicted octanol–water partition coefficient (Wildman–Crippen LogP) is 5.76. The second-order valence-corrected chi connectivity index (χ2v) is 9.71. The van der Waals surface area contributed by atoms with Crippen LogP contribution in [0.4, 0.5) is 14.9 Å². The number of alkyl halides is 1. The van der Waals surface area contributed by atoms with Crippen LogP contribution in [0, 0.1) is 0 Å². The lowest BCUT2D eigenvalue weighted by molar-refractivity contribution is 0.0476. The van der Waals surface area contributed by atoms with Gasteiger partial charge in [0.15, 0.2) is 11.9 Å². The fourth-order valence-corrected chi connectivity index (χ4v) is 3.92. The third-order valence-electron chi connectivity index (χ3n) is 4.54. The Morgan fingerprint density at radius 2 is 2.19 bits per heavy atom. The van der Waals surface area contributed by atoms with Crippen LogP contribution in [0.3, 0.4) is 0 Å². The third kappa shape index (κ3) is 5.98. The molecule has 0 unspecified atom stereocenters. The summed E-state index contributed by atoms with van der Waals surface area (Å²) in [6.07, 6.45) is -1.65. The van der Waals surface area contributed by atoms with Gasteiger partial charge in [-0.15, -0.1) is 11.3 Å². The number of carbonyl (C=O) groups is 2. The molecule has 3 heterocycles. The van der Waals surface area contributed by atoms with E-state index in [4.69, 9.17) is 20.8 Å². The summed E-state index contributed by atoms with van der Waals surface area (Å²) in [4.78, 5) is 29.3. The molecule has 2 atom stereocenters. The Morgan fingerprint density at radius 1 is 1.44 bits per heavy atom. The zero-order chi connectivity index (χ0) is 23.5. The topological polar surface area (TPSA) is 93.5 Å². The number of pyridine rings is 1. The molecule has 0 aliphatic carbocycles. The van der Waals surface area contributed by atoms with Gasteiger partial charge in [-0.25, -0.2) is 14.2 Å². The van der Waals surface area contributed by atoms with Gasteiger partial charge in [0.05, 0.1) is 17.3 Å². The Hall–Kier alpha value is -2.65. The van der Waals surface area contributed by atoms with E-state index in [2.05, 4.69) is 15.6 Å². The molecule has 0 aliphatic rings. The molecular formula is C22H25ClFN3O4S. The van der Waals surface area contributed by atoms with Crippen molar-refractivity contribution in [1.82, 2.24) is 10.3 Å². The molecule has 0 saturated carbocycles. The first-order chi connectivity index (χ1) is 15.1. The average molecular weight is 482 g/mol. The summed E-state index contributed by atoms with van der Waals surface area (Å²) in [5, 5.41) is 7.91. The number of rotatable bonds is 8. The number of halogens is 2. The first-order valence-electron chi connectivity index (χ1n) is 10.0. The van der Waals surface area contributed by atoms with Gasteiger partial charge >= 0.3 is 6.09 Å². The summed E-state index contributed by atoms with van der Waals surface area (Å²) in [6.45, 7) is 6.98. The minimum absolute atomic E-state index is 0.0661. The Morgan fingerprint density at radius 3 is 2.78 bits per heavy atom. The molecule has 3 aromatic rings. The Kier molecular flexibility index (Phi) is 7.40. The van der Waals surface area contributed by atoms with E-state index in [1.54, 1.807) is 38.2 Å². The van der Waals surface area contributed by atoms with Gasteiger partial charge in [-0.2, -0.15) is 0 Å². The Bertz CT molecular complexity index is 1090. The van der Waals surface area contributed by atoms with Crippen molar-refractivity contribution in [3.05, 3.63) is 44.9 Å². The minimum atomic E-state index is -1.43. The van der Waals surface area contributed by atoms with Crippen LogP contribution in [-0.4, -0.2) is 35.2 Å².